The summed E-state index contributed by atoms with van der Waals surface area (Å²) in [4.78, 5) is 33.3. The van der Waals surface area contributed by atoms with Crippen LogP contribution in [0, 0.1) is 22.2 Å². The van der Waals surface area contributed by atoms with Crippen LogP contribution in [0.3, 0.4) is 0 Å². The Kier molecular flexibility index (Phi) is 8.91. The third-order valence-corrected chi connectivity index (χ3v) is 8.60. The third kappa shape index (κ3) is 6.34. The number of piperazine rings is 1. The number of benzene rings is 1. The molecule has 1 aromatic carbocycles. The Morgan fingerprint density at radius 2 is 1.82 bits per heavy atom. The molecule has 9 nitrogen and oxygen atoms in total. The van der Waals surface area contributed by atoms with E-state index in [-0.39, 0.29) is 34.8 Å². The van der Waals surface area contributed by atoms with Crippen LogP contribution >= 0.6 is 11.6 Å². The van der Waals surface area contributed by atoms with Crippen molar-refractivity contribution in [3.8, 4) is 11.8 Å². The van der Waals surface area contributed by atoms with Gasteiger partial charge in [0, 0.05) is 61.7 Å². The summed E-state index contributed by atoms with van der Waals surface area (Å²) in [6.45, 7) is 12.9. The molecule has 10 heteroatoms. The highest BCUT2D eigenvalue weighted by molar-refractivity contribution is 6.31. The molecule has 0 spiro atoms. The predicted molar refractivity (Wildman–Crippen MR) is 155 cm³/mol. The van der Waals surface area contributed by atoms with Gasteiger partial charge in [-0.15, -0.1) is 0 Å². The average Bonchev–Trinajstić information content (AvgIpc) is 2.92. The molecule has 0 atom stereocenters. The van der Waals surface area contributed by atoms with Crippen molar-refractivity contribution in [3.05, 3.63) is 52.7 Å². The highest BCUT2D eigenvalue weighted by atomic mass is 35.5. The topological polar surface area (TPSA) is 125 Å². The van der Waals surface area contributed by atoms with Crippen molar-refractivity contribution in [2.45, 2.75) is 59.1 Å². The van der Waals surface area contributed by atoms with Crippen molar-refractivity contribution < 1.29 is 14.3 Å². The van der Waals surface area contributed by atoms with Gasteiger partial charge in [0.05, 0.1) is 16.1 Å². The van der Waals surface area contributed by atoms with Crippen LogP contribution in [0.4, 0.5) is 5.82 Å². The first-order valence-electron chi connectivity index (χ1n) is 13.8. The van der Waals surface area contributed by atoms with E-state index >= 15 is 0 Å². The lowest BCUT2D eigenvalue weighted by Crippen LogP contribution is -2.74. The number of carbonyl (C=O) groups is 2. The van der Waals surface area contributed by atoms with Crippen molar-refractivity contribution >= 4 is 29.2 Å². The van der Waals surface area contributed by atoms with Gasteiger partial charge in [-0.1, -0.05) is 39.3 Å². The number of nitrogens with one attached hydrogen (secondary N) is 1. The van der Waals surface area contributed by atoms with E-state index in [1.807, 2.05) is 12.1 Å². The molecule has 2 heterocycles. The van der Waals surface area contributed by atoms with Gasteiger partial charge in [0.25, 0.3) is 5.91 Å². The summed E-state index contributed by atoms with van der Waals surface area (Å²) >= 11 is 6.20. The van der Waals surface area contributed by atoms with Crippen molar-refractivity contribution in [2.75, 3.05) is 37.6 Å². The van der Waals surface area contributed by atoms with E-state index in [0.717, 1.165) is 51.4 Å². The Morgan fingerprint density at radius 1 is 1.12 bits per heavy atom. The quantitative estimate of drug-likeness (QED) is 0.416. The number of anilines is 1. The number of hydrogen-bond donors (Lipinski definition) is 2. The fourth-order valence-corrected chi connectivity index (χ4v) is 6.57. The third-order valence-electron chi connectivity index (χ3n) is 8.28. The normalized spacial score (nSPS) is 21.6. The highest BCUT2D eigenvalue weighted by Crippen LogP contribution is 2.55. The van der Waals surface area contributed by atoms with Gasteiger partial charge in [-0.25, -0.2) is 4.98 Å². The second kappa shape index (κ2) is 12.0. The molecule has 1 aliphatic heterocycles. The zero-order chi connectivity index (χ0) is 29.1. The van der Waals surface area contributed by atoms with Crippen molar-refractivity contribution in [1.29, 1.82) is 5.26 Å². The first-order chi connectivity index (χ1) is 18.9. The summed E-state index contributed by atoms with van der Waals surface area (Å²) in [6, 6.07) is 10.8. The molecule has 3 N–H and O–H groups in total. The van der Waals surface area contributed by atoms with Gasteiger partial charge in [0.2, 0.25) is 5.91 Å². The van der Waals surface area contributed by atoms with Crippen molar-refractivity contribution in [2.24, 2.45) is 16.6 Å². The van der Waals surface area contributed by atoms with Gasteiger partial charge in [0.15, 0.2) is 0 Å². The molecule has 4 rings (SSSR count). The Labute approximate surface area is 241 Å². The molecule has 40 heavy (non-hydrogen) atoms. The lowest BCUT2D eigenvalue weighted by atomic mass is 9.49. The first kappa shape index (κ1) is 29.6. The second-order valence-corrected chi connectivity index (χ2v) is 12.4. The molecule has 1 saturated heterocycles. The fourth-order valence-electron chi connectivity index (χ4n) is 6.35. The number of unbranched alkanes of at least 4 members (excludes halogenated alkanes) is 1. The Balaban J connectivity index is 1.30. The maximum Gasteiger partial charge on any atom is 0.253 e. The smallest absolute Gasteiger partial charge is 0.253 e. The number of nitriles is 1. The molecule has 1 saturated carbocycles. The molecule has 2 aromatic rings. The predicted octanol–water partition coefficient (Wildman–Crippen LogP) is 4.00. The summed E-state index contributed by atoms with van der Waals surface area (Å²) in [5, 5.41) is 12.7. The zero-order valence-electron chi connectivity index (χ0n) is 23.7. The molecular weight excluding hydrogens is 528 g/mol. The number of primary amides is 1. The van der Waals surface area contributed by atoms with Crippen LogP contribution in [0.25, 0.3) is 0 Å². The molecule has 2 amide bonds. The fraction of sp³-hybridized carbons (Fsp3) is 0.533. The number of carbonyl (C=O) groups excluding carboxylic acids is 2. The maximum atomic E-state index is 13.2. The van der Waals surface area contributed by atoms with Gasteiger partial charge in [0.1, 0.15) is 23.7 Å². The number of pyridine rings is 1. The Morgan fingerprint density at radius 3 is 2.40 bits per heavy atom. The minimum atomic E-state index is -0.341. The Bertz CT molecular complexity index is 1250. The van der Waals surface area contributed by atoms with Crippen LogP contribution in [-0.2, 0) is 4.79 Å². The van der Waals surface area contributed by atoms with Crippen LogP contribution in [0.1, 0.15) is 62.9 Å². The molecule has 2 aliphatic rings. The number of amides is 2. The average molecular weight is 567 g/mol. The van der Waals surface area contributed by atoms with E-state index < -0.39 is 0 Å². The van der Waals surface area contributed by atoms with E-state index in [1.54, 1.807) is 24.4 Å². The standard InChI is InChI=1S/C30H39ClN6O3/c1-29(2)27(30(3,4)28(29)40-22-10-8-20(18-32)23(31)17-22)35-26(39)21-9-11-25(34-19-21)37-15-13-36(14-16-37)12-6-5-7-24(33)38/h8-11,17,19,27-28H,5-7,12-16H2,1-4H3,(H2,33,38)(H,35,39). The van der Waals surface area contributed by atoms with Gasteiger partial charge in [-0.3, -0.25) is 14.5 Å². The number of hydrogen-bond acceptors (Lipinski definition) is 7. The number of rotatable bonds is 10. The number of halogens is 1. The minimum Gasteiger partial charge on any atom is -0.489 e. The Hall–Kier alpha value is -3.35. The number of nitrogens with two attached hydrogens (primary N) is 1. The molecule has 2 fully saturated rings. The van der Waals surface area contributed by atoms with Crippen molar-refractivity contribution in [3.63, 3.8) is 0 Å². The maximum absolute atomic E-state index is 13.2. The van der Waals surface area contributed by atoms with Crippen LogP contribution in [0.15, 0.2) is 36.5 Å². The SMILES string of the molecule is CC1(C)C(NC(=O)c2ccc(N3CCN(CCCCC(N)=O)CC3)nc2)C(C)(C)C1Oc1ccc(C#N)c(Cl)c1. The summed E-state index contributed by atoms with van der Waals surface area (Å²) in [7, 11) is 0. The molecular formula is C30H39ClN6O3. The molecule has 1 aliphatic carbocycles. The molecule has 1 aromatic heterocycles. The largest absolute Gasteiger partial charge is 0.489 e. The molecule has 0 bridgehead atoms. The van der Waals surface area contributed by atoms with E-state index in [0.29, 0.717) is 28.3 Å². The summed E-state index contributed by atoms with van der Waals surface area (Å²) in [6.07, 6.45) is 3.72. The van der Waals surface area contributed by atoms with Crippen LogP contribution in [-0.4, -0.2) is 66.6 Å². The number of aromatic nitrogens is 1. The van der Waals surface area contributed by atoms with E-state index in [2.05, 4.69) is 53.9 Å². The number of nitrogens with zero attached hydrogens (tertiary/aromatic N) is 4. The monoisotopic (exact) mass is 566 g/mol. The number of ether oxygens (including phenoxy) is 1. The first-order valence-corrected chi connectivity index (χ1v) is 14.2. The van der Waals surface area contributed by atoms with Gasteiger partial charge in [-0.05, 0) is 43.7 Å². The second-order valence-electron chi connectivity index (χ2n) is 12.0. The van der Waals surface area contributed by atoms with E-state index in [9.17, 15) is 9.59 Å². The highest BCUT2D eigenvalue weighted by Gasteiger charge is 2.64. The van der Waals surface area contributed by atoms with Crippen LogP contribution in [0.2, 0.25) is 5.02 Å². The van der Waals surface area contributed by atoms with Crippen LogP contribution in [0.5, 0.6) is 5.75 Å². The zero-order valence-corrected chi connectivity index (χ0v) is 24.5. The molecule has 0 unspecified atom stereocenters. The molecule has 0 radical (unpaired) electrons. The summed E-state index contributed by atoms with van der Waals surface area (Å²) in [5.74, 6) is 1.06. The lowest BCUT2D eigenvalue weighted by Gasteiger charge is -2.63. The summed E-state index contributed by atoms with van der Waals surface area (Å²) in [5.41, 5.74) is 5.46. The van der Waals surface area contributed by atoms with Gasteiger partial charge in [-0.2, -0.15) is 5.26 Å². The minimum absolute atomic E-state index is 0.123. The molecule has 214 valence electrons. The van der Waals surface area contributed by atoms with Crippen LogP contribution < -0.4 is 20.7 Å². The van der Waals surface area contributed by atoms with E-state index in [1.165, 1.54) is 0 Å². The van der Waals surface area contributed by atoms with Gasteiger partial charge < -0.3 is 20.7 Å². The van der Waals surface area contributed by atoms with Gasteiger partial charge >= 0.3 is 0 Å². The summed E-state index contributed by atoms with van der Waals surface area (Å²) < 4.78 is 6.32. The lowest BCUT2D eigenvalue weighted by molar-refractivity contribution is -0.164. The van der Waals surface area contributed by atoms with E-state index in [4.69, 9.17) is 27.3 Å². The van der Waals surface area contributed by atoms with Crippen molar-refractivity contribution in [1.82, 2.24) is 15.2 Å².